The van der Waals surface area contributed by atoms with Crippen LogP contribution in [0.15, 0.2) is 36.7 Å². The lowest BCUT2D eigenvalue weighted by Gasteiger charge is -2.24. The molecule has 0 spiro atoms. The van der Waals surface area contributed by atoms with Gasteiger partial charge in [0.1, 0.15) is 17.2 Å². The van der Waals surface area contributed by atoms with Crippen LogP contribution in [0.25, 0.3) is 5.57 Å². The topological polar surface area (TPSA) is 58.0 Å². The van der Waals surface area contributed by atoms with E-state index in [-0.39, 0.29) is 18.0 Å². The molecule has 0 radical (unpaired) electrons. The summed E-state index contributed by atoms with van der Waals surface area (Å²) >= 11 is 0. The molecule has 1 aliphatic rings. The van der Waals surface area contributed by atoms with Crippen molar-refractivity contribution in [2.45, 2.75) is 18.9 Å². The van der Waals surface area contributed by atoms with Crippen molar-refractivity contribution in [3.8, 4) is 0 Å². The largest absolute Gasteiger partial charge is 0.380 e. The third kappa shape index (κ3) is 3.61. The van der Waals surface area contributed by atoms with E-state index in [1.165, 1.54) is 25.4 Å². The van der Waals surface area contributed by atoms with E-state index in [9.17, 15) is 13.9 Å². The SMILES string of the molecule is CC(O)(c1cnc(C2=CCNCC2)nc1)c1ccc(F)cc1F.Cl. The Hall–Kier alpha value is -1.89. The van der Waals surface area contributed by atoms with Crippen molar-refractivity contribution in [1.82, 2.24) is 15.3 Å². The zero-order chi connectivity index (χ0) is 16.4. The fourth-order valence-electron chi connectivity index (χ4n) is 2.61. The van der Waals surface area contributed by atoms with Crippen molar-refractivity contribution in [2.75, 3.05) is 13.1 Å². The summed E-state index contributed by atoms with van der Waals surface area (Å²) in [6.07, 6.45) is 5.82. The van der Waals surface area contributed by atoms with Gasteiger partial charge in [0.25, 0.3) is 0 Å². The zero-order valence-corrected chi connectivity index (χ0v) is 13.9. The minimum Gasteiger partial charge on any atom is -0.380 e. The third-order valence-electron chi connectivity index (χ3n) is 4.02. The number of aromatic nitrogens is 2. The predicted molar refractivity (Wildman–Crippen MR) is 89.8 cm³/mol. The summed E-state index contributed by atoms with van der Waals surface area (Å²) in [5, 5.41) is 13.9. The molecule has 0 aliphatic carbocycles. The number of aliphatic hydroxyl groups is 1. The second-order valence-electron chi connectivity index (χ2n) is 5.68. The summed E-state index contributed by atoms with van der Waals surface area (Å²) in [5.74, 6) is -0.891. The van der Waals surface area contributed by atoms with Crippen LogP contribution in [0.4, 0.5) is 8.78 Å². The molecule has 0 saturated heterocycles. The van der Waals surface area contributed by atoms with E-state index in [1.54, 1.807) is 0 Å². The molecular formula is C17H18ClF2N3O. The van der Waals surface area contributed by atoms with Crippen molar-refractivity contribution in [2.24, 2.45) is 0 Å². The average molecular weight is 354 g/mol. The fraction of sp³-hybridized carbons (Fsp3) is 0.294. The Morgan fingerprint density at radius 2 is 1.92 bits per heavy atom. The van der Waals surface area contributed by atoms with Gasteiger partial charge in [-0.15, -0.1) is 12.4 Å². The quantitative estimate of drug-likeness (QED) is 0.891. The van der Waals surface area contributed by atoms with Gasteiger partial charge in [-0.05, 0) is 37.6 Å². The first kappa shape index (κ1) is 18.4. The van der Waals surface area contributed by atoms with E-state index >= 15 is 0 Å². The molecule has 1 unspecified atom stereocenters. The first-order chi connectivity index (χ1) is 11.0. The van der Waals surface area contributed by atoms with E-state index in [0.717, 1.165) is 37.2 Å². The average Bonchev–Trinajstić information content (AvgIpc) is 2.55. The van der Waals surface area contributed by atoms with Crippen LogP contribution in [0.2, 0.25) is 0 Å². The Labute approximate surface area is 145 Å². The van der Waals surface area contributed by atoms with E-state index < -0.39 is 17.2 Å². The lowest BCUT2D eigenvalue weighted by atomic mass is 9.89. The number of nitrogens with zero attached hydrogens (tertiary/aromatic N) is 2. The molecule has 0 amide bonds. The number of halogens is 3. The molecule has 2 N–H and O–H groups in total. The molecule has 1 aromatic carbocycles. The summed E-state index contributed by atoms with van der Waals surface area (Å²) in [6.45, 7) is 3.08. The Balaban J connectivity index is 0.00000208. The van der Waals surface area contributed by atoms with E-state index in [0.29, 0.717) is 11.4 Å². The second-order valence-corrected chi connectivity index (χ2v) is 5.68. The maximum absolute atomic E-state index is 13.9. The molecule has 4 nitrogen and oxygen atoms in total. The maximum atomic E-state index is 13.9. The number of hydrogen-bond acceptors (Lipinski definition) is 4. The molecule has 2 aromatic rings. The molecule has 1 aromatic heterocycles. The minimum atomic E-state index is -1.64. The van der Waals surface area contributed by atoms with E-state index in [2.05, 4.69) is 15.3 Å². The van der Waals surface area contributed by atoms with Crippen LogP contribution in [-0.2, 0) is 5.60 Å². The first-order valence-corrected chi connectivity index (χ1v) is 7.39. The van der Waals surface area contributed by atoms with Crippen molar-refractivity contribution >= 4 is 18.0 Å². The van der Waals surface area contributed by atoms with Gasteiger partial charge in [-0.1, -0.05) is 6.08 Å². The maximum Gasteiger partial charge on any atom is 0.154 e. The van der Waals surface area contributed by atoms with Crippen molar-refractivity contribution in [1.29, 1.82) is 0 Å². The Morgan fingerprint density at radius 3 is 2.50 bits per heavy atom. The highest BCUT2D eigenvalue weighted by Crippen LogP contribution is 2.31. The summed E-state index contributed by atoms with van der Waals surface area (Å²) in [6, 6.07) is 3.09. The monoisotopic (exact) mass is 353 g/mol. The van der Waals surface area contributed by atoms with Gasteiger partial charge in [0.15, 0.2) is 5.82 Å². The third-order valence-corrected chi connectivity index (χ3v) is 4.02. The lowest BCUT2D eigenvalue weighted by Crippen LogP contribution is -2.25. The van der Waals surface area contributed by atoms with Crippen LogP contribution in [0, 0.1) is 11.6 Å². The van der Waals surface area contributed by atoms with E-state index in [1.807, 2.05) is 6.08 Å². The molecule has 0 fully saturated rings. The number of hydrogen-bond donors (Lipinski definition) is 2. The Kier molecular flexibility index (Phi) is 5.64. The zero-order valence-electron chi connectivity index (χ0n) is 13.1. The van der Waals surface area contributed by atoms with E-state index in [4.69, 9.17) is 0 Å². The number of benzene rings is 1. The number of nitrogens with one attached hydrogen (secondary N) is 1. The molecule has 0 saturated carbocycles. The van der Waals surface area contributed by atoms with Crippen molar-refractivity contribution in [3.63, 3.8) is 0 Å². The second kappa shape index (κ2) is 7.34. The van der Waals surface area contributed by atoms with Gasteiger partial charge >= 0.3 is 0 Å². The number of rotatable bonds is 3. The summed E-state index contributed by atoms with van der Waals surface area (Å²) < 4.78 is 27.0. The molecule has 2 heterocycles. The Morgan fingerprint density at radius 1 is 1.21 bits per heavy atom. The Bertz CT molecular complexity index is 748. The van der Waals surface area contributed by atoms with Gasteiger partial charge in [-0.2, -0.15) is 0 Å². The van der Waals surface area contributed by atoms with Crippen LogP contribution in [0.1, 0.15) is 30.3 Å². The highest BCUT2D eigenvalue weighted by atomic mass is 35.5. The predicted octanol–water partition coefficient (Wildman–Crippen LogP) is 2.81. The smallest absolute Gasteiger partial charge is 0.154 e. The van der Waals surface area contributed by atoms with Crippen molar-refractivity contribution < 1.29 is 13.9 Å². The van der Waals surface area contributed by atoms with Crippen LogP contribution in [0.5, 0.6) is 0 Å². The highest BCUT2D eigenvalue weighted by molar-refractivity contribution is 5.85. The molecule has 1 atom stereocenters. The van der Waals surface area contributed by atoms with Gasteiger partial charge in [-0.25, -0.2) is 18.7 Å². The molecular weight excluding hydrogens is 336 g/mol. The fourth-order valence-corrected chi connectivity index (χ4v) is 2.61. The summed E-state index contributed by atoms with van der Waals surface area (Å²) in [4.78, 5) is 8.56. The van der Waals surface area contributed by atoms with Crippen LogP contribution in [0.3, 0.4) is 0 Å². The normalized spacial score (nSPS) is 16.8. The van der Waals surface area contributed by atoms with Gasteiger partial charge in [0.2, 0.25) is 0 Å². The molecule has 3 rings (SSSR count). The summed E-state index contributed by atoms with van der Waals surface area (Å²) in [5.41, 5.74) is -0.265. The minimum absolute atomic E-state index is 0. The van der Waals surface area contributed by atoms with Crippen molar-refractivity contribution in [3.05, 3.63) is 65.3 Å². The van der Waals surface area contributed by atoms with Crippen LogP contribution >= 0.6 is 12.4 Å². The summed E-state index contributed by atoms with van der Waals surface area (Å²) in [7, 11) is 0. The molecule has 24 heavy (non-hydrogen) atoms. The molecule has 7 heteroatoms. The van der Waals surface area contributed by atoms with Gasteiger partial charge in [0, 0.05) is 36.1 Å². The van der Waals surface area contributed by atoms with Crippen LogP contribution < -0.4 is 5.32 Å². The first-order valence-electron chi connectivity index (χ1n) is 7.39. The molecule has 0 bridgehead atoms. The van der Waals surface area contributed by atoms with Gasteiger partial charge < -0.3 is 10.4 Å². The van der Waals surface area contributed by atoms with Crippen LogP contribution in [-0.4, -0.2) is 28.2 Å². The van der Waals surface area contributed by atoms with Gasteiger partial charge in [0.05, 0.1) is 0 Å². The highest BCUT2D eigenvalue weighted by Gasteiger charge is 2.30. The standard InChI is InChI=1S/C17H17F2N3O.ClH/c1-17(23,14-3-2-13(18)8-15(14)19)12-9-21-16(22-10-12)11-4-6-20-7-5-11;/h2-4,8-10,20,23H,5-7H2,1H3;1H. The lowest BCUT2D eigenvalue weighted by molar-refractivity contribution is 0.0970. The molecule has 128 valence electrons. The molecule has 1 aliphatic heterocycles. The van der Waals surface area contributed by atoms with Gasteiger partial charge in [-0.3, -0.25) is 0 Å².